The molecule has 0 saturated heterocycles. The van der Waals surface area contributed by atoms with Crippen LogP contribution in [0.2, 0.25) is 23.2 Å². The largest absolute Gasteiger partial charge is 0.539 e. The van der Waals surface area contributed by atoms with Gasteiger partial charge in [-0.3, -0.25) is 0 Å². The van der Waals surface area contributed by atoms with E-state index in [9.17, 15) is 4.79 Å². The van der Waals surface area contributed by atoms with Crippen molar-refractivity contribution in [3.05, 3.63) is 28.4 Å². The van der Waals surface area contributed by atoms with Gasteiger partial charge in [0.25, 0.3) is 18.1 Å². The van der Waals surface area contributed by atoms with Crippen molar-refractivity contribution in [2.24, 2.45) is 17.6 Å². The van der Waals surface area contributed by atoms with Gasteiger partial charge in [0.05, 0.1) is 25.8 Å². The number of carbonyl (C=O) groups is 1. The van der Waals surface area contributed by atoms with Gasteiger partial charge in [-0.15, -0.1) is 0 Å². The van der Waals surface area contributed by atoms with Crippen LogP contribution in [0, 0.1) is 25.7 Å². The number of aromatic nitrogens is 2. The predicted octanol–water partition coefficient (Wildman–Crippen LogP) is 7.29. The van der Waals surface area contributed by atoms with Gasteiger partial charge in [0.1, 0.15) is 0 Å². The van der Waals surface area contributed by atoms with Gasteiger partial charge in [-0.2, -0.15) is 16.7 Å². The topological polar surface area (TPSA) is 119 Å². The Morgan fingerprint density at radius 1 is 0.952 bits per heavy atom. The number of benzene rings is 1. The van der Waals surface area contributed by atoms with E-state index in [0.29, 0.717) is 63.4 Å². The summed E-state index contributed by atoms with van der Waals surface area (Å²) in [5.74, 6) is 3.78. The molecule has 1 unspecified atom stereocenters. The molecule has 0 amide bonds. The SMILES string of the molecule is COC(=O)c1c(C)c(OC)c(O[Si](C)C(C)(C)C(C)C)c(O[Si](C)C(C)(C)C(C)C)c1CSCC(N)c1nc(C)no1. The average molecular weight is 638 g/mol. The number of nitrogens with two attached hydrogens (primary N) is 1. The van der Waals surface area contributed by atoms with Gasteiger partial charge >= 0.3 is 5.97 Å². The standard InChI is InChI=1S/C30H51N3O6SSi2/c1-17(2)29(7,8)41(13)38-25-21(15-40-16-22(31)27-32-20(6)33-37-27)23(28(34)36-12)19(5)24(35-11)26(25)39-42(14)30(9,10)18(3)4/h17-18,22H,15-16,31H2,1-14H3. The first-order valence-electron chi connectivity index (χ1n) is 14.4. The lowest BCUT2D eigenvalue weighted by Crippen LogP contribution is -2.37. The predicted molar refractivity (Wildman–Crippen MR) is 173 cm³/mol. The van der Waals surface area contributed by atoms with E-state index < -0.39 is 30.1 Å². The summed E-state index contributed by atoms with van der Waals surface area (Å²) in [7, 11) is 0.118. The van der Waals surface area contributed by atoms with E-state index in [0.717, 1.165) is 5.56 Å². The molecule has 0 aliphatic heterocycles. The Hall–Kier alpha value is -2.03. The van der Waals surface area contributed by atoms with Gasteiger partial charge in [-0.1, -0.05) is 60.5 Å². The van der Waals surface area contributed by atoms with Crippen molar-refractivity contribution in [2.45, 2.75) is 104 Å². The van der Waals surface area contributed by atoms with E-state index in [4.69, 9.17) is 28.6 Å². The number of rotatable bonds is 15. The Morgan fingerprint density at radius 2 is 1.48 bits per heavy atom. The third-order valence-corrected chi connectivity index (χ3v) is 15.8. The van der Waals surface area contributed by atoms with Crippen LogP contribution in [0.3, 0.4) is 0 Å². The van der Waals surface area contributed by atoms with Gasteiger partial charge in [0, 0.05) is 22.6 Å². The van der Waals surface area contributed by atoms with Crippen LogP contribution in [-0.2, 0) is 10.5 Å². The molecule has 0 saturated carbocycles. The fraction of sp³-hybridized carbons (Fsp3) is 0.700. The number of aryl methyl sites for hydroxylation is 1. The van der Waals surface area contributed by atoms with Crippen molar-refractivity contribution in [2.75, 3.05) is 20.0 Å². The maximum absolute atomic E-state index is 13.3. The summed E-state index contributed by atoms with van der Waals surface area (Å²) in [5.41, 5.74) is 8.18. The molecule has 0 fully saturated rings. The molecule has 1 aromatic heterocycles. The molecule has 236 valence electrons. The van der Waals surface area contributed by atoms with Crippen molar-refractivity contribution in [1.82, 2.24) is 10.1 Å². The summed E-state index contributed by atoms with van der Waals surface area (Å²) in [4.78, 5) is 17.6. The van der Waals surface area contributed by atoms with E-state index in [1.165, 1.54) is 7.11 Å². The molecular formula is C30H51N3O6SSi2. The number of hydrogen-bond acceptors (Lipinski definition) is 10. The van der Waals surface area contributed by atoms with Crippen molar-refractivity contribution < 1.29 is 27.6 Å². The van der Waals surface area contributed by atoms with Crippen LogP contribution in [0.15, 0.2) is 4.52 Å². The first kappa shape index (κ1) is 36.2. The highest BCUT2D eigenvalue weighted by molar-refractivity contribution is 7.98. The zero-order valence-electron chi connectivity index (χ0n) is 28.0. The molecule has 42 heavy (non-hydrogen) atoms. The minimum absolute atomic E-state index is 0.0526. The number of hydrogen-bond donors (Lipinski definition) is 1. The summed E-state index contributed by atoms with van der Waals surface area (Å²) < 4.78 is 30.4. The van der Waals surface area contributed by atoms with E-state index in [2.05, 4.69) is 78.6 Å². The molecule has 2 N–H and O–H groups in total. The van der Waals surface area contributed by atoms with Crippen LogP contribution < -0.4 is 19.3 Å². The van der Waals surface area contributed by atoms with E-state index in [1.54, 1.807) is 25.8 Å². The third kappa shape index (κ3) is 7.92. The zero-order valence-corrected chi connectivity index (χ0v) is 30.8. The van der Waals surface area contributed by atoms with Crippen LogP contribution in [0.25, 0.3) is 0 Å². The maximum atomic E-state index is 13.3. The Labute approximate surface area is 260 Å². The number of methoxy groups -OCH3 is 2. The summed E-state index contributed by atoms with van der Waals surface area (Å²) in [6, 6.07) is -0.458. The molecule has 9 nitrogen and oxygen atoms in total. The average Bonchev–Trinajstić information content (AvgIpc) is 3.36. The minimum Gasteiger partial charge on any atom is -0.539 e. The lowest BCUT2D eigenvalue weighted by Gasteiger charge is -2.37. The first-order valence-corrected chi connectivity index (χ1v) is 19.4. The van der Waals surface area contributed by atoms with Crippen molar-refractivity contribution in [3.8, 4) is 17.2 Å². The van der Waals surface area contributed by atoms with Crippen LogP contribution in [-0.4, -0.2) is 54.2 Å². The van der Waals surface area contributed by atoms with Crippen LogP contribution in [0.1, 0.15) is 94.6 Å². The molecule has 2 radical (unpaired) electrons. The van der Waals surface area contributed by atoms with Crippen LogP contribution in [0.4, 0.5) is 0 Å². The van der Waals surface area contributed by atoms with Crippen molar-refractivity contribution >= 4 is 35.8 Å². The summed E-state index contributed by atoms with van der Waals surface area (Å²) in [6.07, 6.45) is 0. The highest BCUT2D eigenvalue weighted by Gasteiger charge is 2.40. The molecule has 1 aromatic carbocycles. The Balaban J connectivity index is 2.76. The highest BCUT2D eigenvalue weighted by Crippen LogP contribution is 2.51. The number of carbonyl (C=O) groups excluding carboxylic acids is 1. The van der Waals surface area contributed by atoms with Gasteiger partial charge in [-0.05, 0) is 48.9 Å². The first-order chi connectivity index (χ1) is 19.4. The van der Waals surface area contributed by atoms with Gasteiger partial charge in [0.2, 0.25) is 5.89 Å². The number of ether oxygens (including phenoxy) is 2. The smallest absolute Gasteiger partial charge is 0.338 e. The Kier molecular flexibility index (Phi) is 12.6. The van der Waals surface area contributed by atoms with Gasteiger partial charge < -0.3 is 28.6 Å². The fourth-order valence-electron chi connectivity index (χ4n) is 4.03. The third-order valence-electron chi connectivity index (χ3n) is 8.91. The highest BCUT2D eigenvalue weighted by atomic mass is 32.2. The fourth-order valence-corrected chi connectivity index (χ4v) is 8.19. The van der Waals surface area contributed by atoms with E-state index >= 15 is 0 Å². The molecule has 12 heteroatoms. The monoisotopic (exact) mass is 637 g/mol. The molecule has 2 aromatic rings. The maximum Gasteiger partial charge on any atom is 0.338 e. The lowest BCUT2D eigenvalue weighted by molar-refractivity contribution is 0.0598. The Morgan fingerprint density at radius 3 is 1.90 bits per heavy atom. The van der Waals surface area contributed by atoms with E-state index in [-0.39, 0.29) is 10.1 Å². The quantitative estimate of drug-likeness (QED) is 0.157. The number of nitrogens with zero attached hydrogens (tertiary/aromatic N) is 2. The summed E-state index contributed by atoms with van der Waals surface area (Å²) in [5, 5.41) is 3.73. The molecule has 0 spiro atoms. The molecule has 0 aliphatic rings. The summed E-state index contributed by atoms with van der Waals surface area (Å²) >= 11 is 1.56. The van der Waals surface area contributed by atoms with E-state index in [1.807, 2.05) is 6.92 Å². The molecule has 1 heterocycles. The molecule has 1 atom stereocenters. The number of thioether (sulfide) groups is 1. The zero-order chi connectivity index (χ0) is 32.2. The van der Waals surface area contributed by atoms with Crippen LogP contribution in [0.5, 0.6) is 17.2 Å². The Bertz CT molecular complexity index is 1220. The normalized spacial score (nSPS) is 13.3. The van der Waals surface area contributed by atoms with Gasteiger partial charge in [0.15, 0.2) is 23.1 Å². The molecule has 0 aliphatic carbocycles. The number of esters is 1. The second-order valence-corrected chi connectivity index (χ2v) is 18.8. The van der Waals surface area contributed by atoms with Crippen LogP contribution >= 0.6 is 11.8 Å². The lowest BCUT2D eigenvalue weighted by atomic mass is 9.99. The minimum atomic E-state index is -1.46. The van der Waals surface area contributed by atoms with Crippen molar-refractivity contribution in [1.29, 1.82) is 0 Å². The van der Waals surface area contributed by atoms with Crippen molar-refractivity contribution in [3.63, 3.8) is 0 Å². The molecule has 0 bridgehead atoms. The summed E-state index contributed by atoms with van der Waals surface area (Å²) in [6.45, 7) is 25.8. The second kappa shape index (κ2) is 14.6. The second-order valence-electron chi connectivity index (χ2n) is 12.5. The molecule has 2 rings (SSSR count). The molecular weight excluding hydrogens is 587 g/mol. The van der Waals surface area contributed by atoms with Gasteiger partial charge in [-0.25, -0.2) is 4.79 Å².